The van der Waals surface area contributed by atoms with Crippen molar-refractivity contribution in [3.63, 3.8) is 0 Å². The van der Waals surface area contributed by atoms with Gasteiger partial charge in [-0.1, -0.05) is 24.3 Å². The molecule has 0 aromatic heterocycles. The smallest absolute Gasteiger partial charge is 0.265 e. The number of rotatable bonds is 5. The van der Waals surface area contributed by atoms with Crippen LogP contribution in [0.3, 0.4) is 0 Å². The summed E-state index contributed by atoms with van der Waals surface area (Å²) in [4.78, 5) is 22.6. The van der Waals surface area contributed by atoms with Gasteiger partial charge in [0.1, 0.15) is 12.4 Å². The lowest BCUT2D eigenvalue weighted by Gasteiger charge is -2.08. The minimum Gasteiger partial charge on any atom is -0.489 e. The zero-order chi connectivity index (χ0) is 15.2. The van der Waals surface area contributed by atoms with Crippen LogP contribution in [-0.2, 0) is 6.61 Å². The number of carbonyl (C=O) groups excluding carboxylic acids is 2. The third-order valence-electron chi connectivity index (χ3n) is 2.99. The Hall–Kier alpha value is -2.66. The first kappa shape index (κ1) is 14.7. The molecule has 0 aliphatic carbocycles. The summed E-state index contributed by atoms with van der Waals surface area (Å²) in [6.45, 7) is 1.87. The third-order valence-corrected chi connectivity index (χ3v) is 2.99. The molecule has 21 heavy (non-hydrogen) atoms. The number of nitrogens with two attached hydrogens (primary N) is 1. The summed E-state index contributed by atoms with van der Waals surface area (Å²) in [6.07, 6.45) is 0. The highest BCUT2D eigenvalue weighted by molar-refractivity contribution is 5.94. The van der Waals surface area contributed by atoms with Crippen molar-refractivity contribution >= 4 is 11.7 Å². The van der Waals surface area contributed by atoms with Crippen molar-refractivity contribution in [1.82, 2.24) is 5.43 Å². The maximum atomic E-state index is 11.3. The van der Waals surface area contributed by atoms with Crippen molar-refractivity contribution in [3.05, 3.63) is 65.2 Å². The number of nitrogens with one attached hydrogen (secondary N) is 1. The van der Waals surface area contributed by atoms with Crippen LogP contribution in [0.5, 0.6) is 5.75 Å². The highest BCUT2D eigenvalue weighted by Gasteiger charge is 2.04. The highest BCUT2D eigenvalue weighted by Crippen LogP contribution is 2.16. The first-order valence-corrected chi connectivity index (χ1v) is 6.44. The lowest BCUT2D eigenvalue weighted by molar-refractivity contribution is 0.0952. The number of ether oxygens (including phenoxy) is 1. The van der Waals surface area contributed by atoms with Gasteiger partial charge in [-0.25, -0.2) is 5.84 Å². The number of nitrogen functional groups attached to an aromatic ring is 1. The molecule has 108 valence electrons. The molecule has 5 heteroatoms. The topological polar surface area (TPSA) is 81.4 Å². The van der Waals surface area contributed by atoms with Crippen LogP contribution in [0, 0.1) is 0 Å². The molecule has 0 unspecified atom stereocenters. The van der Waals surface area contributed by atoms with Crippen LogP contribution in [-0.4, -0.2) is 11.7 Å². The van der Waals surface area contributed by atoms with E-state index in [4.69, 9.17) is 10.6 Å². The molecule has 5 nitrogen and oxygen atoms in total. The summed E-state index contributed by atoms with van der Waals surface area (Å²) in [5.74, 6) is 5.36. The number of hydrogen-bond acceptors (Lipinski definition) is 4. The van der Waals surface area contributed by atoms with Crippen LogP contribution in [0.25, 0.3) is 0 Å². The molecular weight excluding hydrogens is 268 g/mol. The van der Waals surface area contributed by atoms with Crippen molar-refractivity contribution in [2.24, 2.45) is 5.84 Å². The molecule has 0 spiro atoms. The third kappa shape index (κ3) is 3.90. The minimum atomic E-state index is -0.336. The lowest BCUT2D eigenvalue weighted by Crippen LogP contribution is -2.29. The number of Topliss-reactive ketones (excluding diaryl/α,β-unsaturated/α-hetero) is 1. The molecule has 0 bridgehead atoms. The molecule has 0 fully saturated rings. The molecule has 3 N–H and O–H groups in total. The van der Waals surface area contributed by atoms with E-state index in [1.807, 2.05) is 0 Å². The molecule has 2 aromatic rings. The summed E-state index contributed by atoms with van der Waals surface area (Å²) in [7, 11) is 0. The van der Waals surface area contributed by atoms with Gasteiger partial charge in [0.25, 0.3) is 5.91 Å². The molecular formula is C16H16N2O3. The first-order valence-electron chi connectivity index (χ1n) is 6.44. The molecule has 0 aliphatic rings. The molecule has 0 aliphatic heterocycles. The Morgan fingerprint density at radius 3 is 2.43 bits per heavy atom. The molecule has 2 rings (SSSR count). The van der Waals surface area contributed by atoms with Gasteiger partial charge in [-0.3, -0.25) is 15.0 Å². The van der Waals surface area contributed by atoms with Gasteiger partial charge in [0.15, 0.2) is 5.78 Å². The van der Waals surface area contributed by atoms with Crippen LogP contribution >= 0.6 is 0 Å². The van der Waals surface area contributed by atoms with Gasteiger partial charge in [0, 0.05) is 11.1 Å². The molecule has 0 saturated carbocycles. The number of carbonyl (C=O) groups is 2. The number of hydrogen-bond donors (Lipinski definition) is 2. The summed E-state index contributed by atoms with van der Waals surface area (Å²) in [6, 6.07) is 14.0. The molecule has 0 radical (unpaired) electrons. The second-order valence-corrected chi connectivity index (χ2v) is 4.54. The minimum absolute atomic E-state index is 0.00222. The Labute approximate surface area is 122 Å². The molecule has 0 atom stereocenters. The molecule has 1 amide bonds. The van der Waals surface area contributed by atoms with E-state index in [1.165, 1.54) is 6.92 Å². The predicted molar refractivity (Wildman–Crippen MR) is 78.9 cm³/mol. The molecule has 0 heterocycles. The van der Waals surface area contributed by atoms with Crippen molar-refractivity contribution in [2.45, 2.75) is 13.5 Å². The van der Waals surface area contributed by atoms with E-state index in [2.05, 4.69) is 5.43 Å². The maximum absolute atomic E-state index is 11.3. The Morgan fingerprint density at radius 1 is 1.10 bits per heavy atom. The first-order chi connectivity index (χ1) is 10.1. The molecule has 2 aromatic carbocycles. The predicted octanol–water partition coefficient (Wildman–Crippen LogP) is 2.07. The second kappa shape index (κ2) is 6.67. The van der Waals surface area contributed by atoms with Crippen molar-refractivity contribution < 1.29 is 14.3 Å². The number of benzene rings is 2. The molecule has 0 saturated heterocycles. The zero-order valence-electron chi connectivity index (χ0n) is 11.6. The van der Waals surface area contributed by atoms with Crippen LogP contribution in [0.4, 0.5) is 0 Å². The van der Waals surface area contributed by atoms with E-state index >= 15 is 0 Å². The lowest BCUT2D eigenvalue weighted by atomic mass is 10.1. The quantitative estimate of drug-likeness (QED) is 0.381. The van der Waals surface area contributed by atoms with E-state index in [0.717, 1.165) is 5.56 Å². The van der Waals surface area contributed by atoms with Gasteiger partial charge >= 0.3 is 0 Å². The standard InChI is InChI=1S/C16H16N2O3/c1-11(19)14-3-2-4-15(9-14)21-10-12-5-7-13(8-6-12)16(20)18-17/h2-9H,10,17H2,1H3,(H,18,20). The fraction of sp³-hybridized carbons (Fsp3) is 0.125. The Bertz CT molecular complexity index is 651. The SMILES string of the molecule is CC(=O)c1cccc(OCc2ccc(C(=O)NN)cc2)c1. The van der Waals surface area contributed by atoms with E-state index in [-0.39, 0.29) is 11.7 Å². The van der Waals surface area contributed by atoms with Gasteiger partial charge in [0.05, 0.1) is 0 Å². The Balaban J connectivity index is 2.01. The zero-order valence-corrected chi connectivity index (χ0v) is 11.6. The van der Waals surface area contributed by atoms with Crippen LogP contribution < -0.4 is 16.0 Å². The van der Waals surface area contributed by atoms with E-state index in [9.17, 15) is 9.59 Å². The Kier molecular flexibility index (Phi) is 4.68. The number of ketones is 1. The number of hydrazine groups is 1. The average molecular weight is 284 g/mol. The largest absolute Gasteiger partial charge is 0.489 e. The number of amides is 1. The van der Waals surface area contributed by atoms with E-state index < -0.39 is 0 Å². The van der Waals surface area contributed by atoms with Gasteiger partial charge in [-0.2, -0.15) is 0 Å². The summed E-state index contributed by atoms with van der Waals surface area (Å²) in [5, 5.41) is 0. The average Bonchev–Trinajstić information content (AvgIpc) is 2.53. The summed E-state index contributed by atoms with van der Waals surface area (Å²) < 4.78 is 5.63. The Morgan fingerprint density at radius 2 is 1.81 bits per heavy atom. The van der Waals surface area contributed by atoms with Crippen LogP contribution in [0.1, 0.15) is 33.2 Å². The van der Waals surface area contributed by atoms with Crippen molar-refractivity contribution in [3.8, 4) is 5.75 Å². The fourth-order valence-corrected chi connectivity index (χ4v) is 1.81. The van der Waals surface area contributed by atoms with Crippen LogP contribution in [0.15, 0.2) is 48.5 Å². The van der Waals surface area contributed by atoms with E-state index in [1.54, 1.807) is 48.5 Å². The van der Waals surface area contributed by atoms with Gasteiger partial charge in [-0.15, -0.1) is 0 Å². The monoisotopic (exact) mass is 284 g/mol. The summed E-state index contributed by atoms with van der Waals surface area (Å²) in [5.41, 5.74) is 4.09. The van der Waals surface area contributed by atoms with E-state index in [0.29, 0.717) is 23.5 Å². The maximum Gasteiger partial charge on any atom is 0.265 e. The van der Waals surface area contributed by atoms with Crippen LogP contribution in [0.2, 0.25) is 0 Å². The highest BCUT2D eigenvalue weighted by atomic mass is 16.5. The second-order valence-electron chi connectivity index (χ2n) is 4.54. The summed E-state index contributed by atoms with van der Waals surface area (Å²) >= 11 is 0. The normalized spacial score (nSPS) is 10.0. The van der Waals surface area contributed by atoms with Crippen molar-refractivity contribution in [1.29, 1.82) is 0 Å². The fourth-order valence-electron chi connectivity index (χ4n) is 1.81. The van der Waals surface area contributed by atoms with Crippen molar-refractivity contribution in [2.75, 3.05) is 0 Å². The van der Waals surface area contributed by atoms with Gasteiger partial charge in [0.2, 0.25) is 0 Å². The van der Waals surface area contributed by atoms with Gasteiger partial charge in [-0.05, 0) is 36.8 Å². The van der Waals surface area contributed by atoms with Gasteiger partial charge < -0.3 is 4.74 Å².